The van der Waals surface area contributed by atoms with Crippen LogP contribution in [0.5, 0.6) is 5.75 Å². The molecular formula is C28H39N7O9. The maximum absolute atomic E-state index is 13.7. The number of rotatable bonds is 12. The minimum atomic E-state index is -1.31. The number of hydrogen-bond donors (Lipinski definition) is 7. The largest absolute Gasteiger partial charge is 0.508 e. The van der Waals surface area contributed by atoms with Crippen LogP contribution in [-0.2, 0) is 40.0 Å². The lowest BCUT2D eigenvalue weighted by Crippen LogP contribution is -2.58. The van der Waals surface area contributed by atoms with Crippen molar-refractivity contribution in [2.24, 2.45) is 5.73 Å². The van der Waals surface area contributed by atoms with Crippen molar-refractivity contribution in [3.05, 3.63) is 29.8 Å². The molecule has 2 heterocycles. The number of amides is 7. The number of nitrogens with one attached hydrogen (secondary N) is 4. The van der Waals surface area contributed by atoms with Gasteiger partial charge in [0.15, 0.2) is 0 Å². The van der Waals surface area contributed by atoms with Crippen LogP contribution >= 0.6 is 0 Å². The van der Waals surface area contributed by atoms with Crippen molar-refractivity contribution < 1.29 is 43.8 Å². The zero-order chi connectivity index (χ0) is 32.6. The molecule has 1 aromatic rings. The van der Waals surface area contributed by atoms with Gasteiger partial charge in [-0.1, -0.05) is 12.1 Å². The van der Waals surface area contributed by atoms with E-state index in [1.807, 2.05) is 0 Å². The summed E-state index contributed by atoms with van der Waals surface area (Å²) in [5.74, 6) is -4.34. The minimum Gasteiger partial charge on any atom is -0.508 e. The molecule has 7 amide bonds. The number of phenols is 1. The maximum Gasteiger partial charge on any atom is 0.246 e. The number of benzene rings is 1. The SMILES string of the molecule is CC(=O)N[C@H](Cc1ccc(O)cc1)C(=O)N1CCC[C@@H]1C(=O)N1CCC(O)[C@@H]1C(=O)NCC(=O)N[C@H](C)C(=O)NCC(N)=O. The molecule has 2 aliphatic heterocycles. The van der Waals surface area contributed by atoms with Gasteiger partial charge in [0.25, 0.3) is 0 Å². The van der Waals surface area contributed by atoms with Gasteiger partial charge in [-0.15, -0.1) is 0 Å². The van der Waals surface area contributed by atoms with Gasteiger partial charge >= 0.3 is 0 Å². The summed E-state index contributed by atoms with van der Waals surface area (Å²) in [6.45, 7) is 1.98. The number of aliphatic hydroxyl groups is 1. The Bertz CT molecular complexity index is 1270. The van der Waals surface area contributed by atoms with Crippen LogP contribution in [0.1, 0.15) is 38.7 Å². The fraction of sp³-hybridized carbons (Fsp3) is 0.536. The highest BCUT2D eigenvalue weighted by molar-refractivity contribution is 5.96. The number of carbonyl (C=O) groups is 7. The van der Waals surface area contributed by atoms with Gasteiger partial charge in [0.1, 0.15) is 29.9 Å². The van der Waals surface area contributed by atoms with Crippen molar-refractivity contribution in [2.45, 2.75) is 69.8 Å². The second-order valence-electron chi connectivity index (χ2n) is 10.8. The highest BCUT2D eigenvalue weighted by Gasteiger charge is 2.46. The van der Waals surface area contributed by atoms with Crippen LogP contribution in [0.2, 0.25) is 0 Å². The van der Waals surface area contributed by atoms with E-state index in [4.69, 9.17) is 5.73 Å². The topological polar surface area (TPSA) is 241 Å². The summed E-state index contributed by atoms with van der Waals surface area (Å²) in [6.07, 6.45) is -0.171. The average molecular weight is 618 g/mol. The van der Waals surface area contributed by atoms with Crippen molar-refractivity contribution in [1.82, 2.24) is 31.1 Å². The third-order valence-electron chi connectivity index (χ3n) is 7.42. The molecule has 1 unspecified atom stereocenters. The maximum atomic E-state index is 13.7. The smallest absolute Gasteiger partial charge is 0.246 e. The first-order valence-corrected chi connectivity index (χ1v) is 14.3. The third kappa shape index (κ3) is 8.89. The molecular weight excluding hydrogens is 578 g/mol. The molecule has 8 N–H and O–H groups in total. The zero-order valence-electron chi connectivity index (χ0n) is 24.6. The normalized spacial score (nSPS) is 20.8. The van der Waals surface area contributed by atoms with E-state index in [9.17, 15) is 43.8 Å². The number of likely N-dealkylation sites (tertiary alicyclic amines) is 2. The number of primary amides is 1. The van der Waals surface area contributed by atoms with Gasteiger partial charge < -0.3 is 47.0 Å². The summed E-state index contributed by atoms with van der Waals surface area (Å²) >= 11 is 0. The number of hydrogen-bond acceptors (Lipinski definition) is 9. The molecule has 16 nitrogen and oxygen atoms in total. The van der Waals surface area contributed by atoms with E-state index in [0.29, 0.717) is 18.4 Å². The molecule has 16 heteroatoms. The Kier molecular flexibility index (Phi) is 11.6. The number of aromatic hydroxyl groups is 1. The van der Waals surface area contributed by atoms with E-state index in [-0.39, 0.29) is 31.7 Å². The van der Waals surface area contributed by atoms with Crippen molar-refractivity contribution in [1.29, 1.82) is 0 Å². The summed E-state index contributed by atoms with van der Waals surface area (Å²) in [5, 5.41) is 29.7. The molecule has 3 rings (SSSR count). The van der Waals surface area contributed by atoms with Crippen LogP contribution in [0.4, 0.5) is 0 Å². The van der Waals surface area contributed by atoms with E-state index in [1.54, 1.807) is 12.1 Å². The molecule has 44 heavy (non-hydrogen) atoms. The predicted molar refractivity (Wildman–Crippen MR) is 153 cm³/mol. The molecule has 2 saturated heterocycles. The molecule has 0 bridgehead atoms. The second kappa shape index (κ2) is 15.1. The van der Waals surface area contributed by atoms with Gasteiger partial charge in [-0.05, 0) is 43.9 Å². The van der Waals surface area contributed by atoms with Gasteiger partial charge in [-0.25, -0.2) is 0 Å². The number of phenolic OH excluding ortho intramolecular Hbond substituents is 1. The van der Waals surface area contributed by atoms with Gasteiger partial charge in [-0.3, -0.25) is 33.6 Å². The van der Waals surface area contributed by atoms with Crippen LogP contribution in [0.25, 0.3) is 0 Å². The Hall–Kier alpha value is -4.73. The molecule has 0 aromatic heterocycles. The van der Waals surface area contributed by atoms with Crippen molar-refractivity contribution >= 4 is 41.4 Å². The lowest BCUT2D eigenvalue weighted by atomic mass is 10.0. The lowest BCUT2D eigenvalue weighted by Gasteiger charge is -2.33. The third-order valence-corrected chi connectivity index (χ3v) is 7.42. The summed E-state index contributed by atoms with van der Waals surface area (Å²) in [5.41, 5.74) is 5.65. The van der Waals surface area contributed by atoms with Crippen LogP contribution < -0.4 is 27.0 Å². The van der Waals surface area contributed by atoms with Crippen LogP contribution in [0.3, 0.4) is 0 Å². The molecule has 240 valence electrons. The summed E-state index contributed by atoms with van der Waals surface area (Å²) in [4.78, 5) is 89.9. The number of nitrogens with two attached hydrogens (primary N) is 1. The van der Waals surface area contributed by atoms with Crippen LogP contribution in [-0.4, -0.2) is 118 Å². The van der Waals surface area contributed by atoms with Crippen LogP contribution in [0.15, 0.2) is 24.3 Å². The monoisotopic (exact) mass is 617 g/mol. The number of carbonyl (C=O) groups excluding carboxylic acids is 7. The molecule has 0 aliphatic carbocycles. The Morgan fingerprint density at radius 2 is 1.64 bits per heavy atom. The van der Waals surface area contributed by atoms with Crippen molar-refractivity contribution in [3.63, 3.8) is 0 Å². The second-order valence-corrected chi connectivity index (χ2v) is 10.8. The lowest BCUT2D eigenvalue weighted by molar-refractivity contribution is -0.149. The average Bonchev–Trinajstić information content (AvgIpc) is 3.61. The molecule has 0 radical (unpaired) electrons. The molecule has 2 fully saturated rings. The summed E-state index contributed by atoms with van der Waals surface area (Å²) in [6, 6.07) is 1.92. The summed E-state index contributed by atoms with van der Waals surface area (Å²) < 4.78 is 0. The highest BCUT2D eigenvalue weighted by Crippen LogP contribution is 2.26. The standard InChI is InChI=1S/C28H39N7O9/c1-15(25(41)30-13-22(29)39)32-23(40)14-31-26(42)24-21(38)9-11-35(24)28(44)20-4-3-10-34(20)27(43)19(33-16(2)36)12-17-5-7-18(37)8-6-17/h5-8,15,19-21,24,37-38H,3-4,9-14H2,1-2H3,(H2,29,39)(H,30,41)(H,31,42)(H,32,40)(H,33,36)/t15-,19-,20-,21?,24-/m1/s1. The Balaban J connectivity index is 1.64. The van der Waals surface area contributed by atoms with E-state index < -0.39 is 84.7 Å². The quantitative estimate of drug-likeness (QED) is 0.124. The minimum absolute atomic E-state index is 0.0442. The molecule has 2 aliphatic rings. The predicted octanol–water partition coefficient (Wildman–Crippen LogP) is -3.39. The van der Waals surface area contributed by atoms with Gasteiger partial charge in [0.05, 0.1) is 19.2 Å². The molecule has 0 saturated carbocycles. The van der Waals surface area contributed by atoms with E-state index >= 15 is 0 Å². The van der Waals surface area contributed by atoms with Crippen LogP contribution in [0, 0.1) is 0 Å². The number of aliphatic hydroxyl groups excluding tert-OH is 1. The summed E-state index contributed by atoms with van der Waals surface area (Å²) in [7, 11) is 0. The Morgan fingerprint density at radius 1 is 0.955 bits per heavy atom. The van der Waals surface area contributed by atoms with Crippen molar-refractivity contribution in [2.75, 3.05) is 26.2 Å². The van der Waals surface area contributed by atoms with E-state index in [1.165, 1.54) is 35.8 Å². The fourth-order valence-corrected chi connectivity index (χ4v) is 5.29. The zero-order valence-corrected chi connectivity index (χ0v) is 24.6. The molecule has 1 aromatic carbocycles. The van der Waals surface area contributed by atoms with Crippen molar-refractivity contribution in [3.8, 4) is 5.75 Å². The first-order chi connectivity index (χ1) is 20.8. The Labute approximate surface area is 253 Å². The van der Waals surface area contributed by atoms with E-state index in [0.717, 1.165) is 0 Å². The van der Waals surface area contributed by atoms with Gasteiger partial charge in [-0.2, -0.15) is 0 Å². The number of nitrogens with zero attached hydrogens (tertiary/aromatic N) is 2. The first kappa shape index (κ1) is 33.8. The van der Waals surface area contributed by atoms with E-state index in [2.05, 4.69) is 21.3 Å². The molecule has 0 spiro atoms. The van der Waals surface area contributed by atoms with Gasteiger partial charge in [0.2, 0.25) is 41.4 Å². The highest BCUT2D eigenvalue weighted by atomic mass is 16.3. The first-order valence-electron chi connectivity index (χ1n) is 14.3. The fourth-order valence-electron chi connectivity index (χ4n) is 5.29. The van der Waals surface area contributed by atoms with Gasteiger partial charge in [0, 0.05) is 26.4 Å². The molecule has 5 atom stereocenters. The Morgan fingerprint density at radius 3 is 2.27 bits per heavy atom.